The third-order valence-corrected chi connectivity index (χ3v) is 7.33. The van der Waals surface area contributed by atoms with Crippen molar-refractivity contribution in [2.24, 2.45) is 0 Å². The molecule has 1 N–H and O–H groups in total. The summed E-state index contributed by atoms with van der Waals surface area (Å²) in [5.41, 5.74) is 5.61. The zero-order valence-electron chi connectivity index (χ0n) is 19.1. The lowest BCUT2D eigenvalue weighted by molar-refractivity contribution is -0.116. The van der Waals surface area contributed by atoms with Gasteiger partial charge in [-0.1, -0.05) is 23.4 Å². The van der Waals surface area contributed by atoms with Crippen LogP contribution in [-0.4, -0.2) is 31.4 Å². The topological polar surface area (TPSA) is 73.6 Å². The number of rotatable bonds is 5. The normalized spacial score (nSPS) is 19.6. The van der Waals surface area contributed by atoms with Crippen LogP contribution in [0.3, 0.4) is 0 Å². The Morgan fingerprint density at radius 3 is 2.45 bits per heavy atom. The quantitative estimate of drug-likeness (QED) is 0.489. The molecular weight excluding hydrogens is 436 g/mol. The Balaban J connectivity index is 1.56. The lowest BCUT2D eigenvalue weighted by Gasteiger charge is -2.34. The third-order valence-electron chi connectivity index (χ3n) is 6.59. The molecule has 0 spiro atoms. The highest BCUT2D eigenvalue weighted by atomic mass is 32.2. The molecule has 170 valence electrons. The highest BCUT2D eigenvalue weighted by molar-refractivity contribution is 7.98. The fraction of sp³-hybridized carbons (Fsp3) is 0.308. The van der Waals surface area contributed by atoms with Gasteiger partial charge >= 0.3 is 0 Å². The van der Waals surface area contributed by atoms with Gasteiger partial charge in [-0.3, -0.25) is 4.79 Å². The molecular formula is C26H26N2O4S. The number of Topliss-reactive ketones (excluding diaryl/α,β-unsaturated/α-hetero) is 1. The van der Waals surface area contributed by atoms with Gasteiger partial charge in [-0.15, -0.1) is 11.8 Å². The first-order chi connectivity index (χ1) is 16.0. The Labute approximate surface area is 197 Å². The van der Waals surface area contributed by atoms with Gasteiger partial charge in [0.15, 0.2) is 17.3 Å². The van der Waals surface area contributed by atoms with E-state index in [4.69, 9.17) is 14.0 Å². The van der Waals surface area contributed by atoms with Gasteiger partial charge in [0.1, 0.15) is 0 Å². The summed E-state index contributed by atoms with van der Waals surface area (Å²) in [6.07, 6.45) is 3.20. The van der Waals surface area contributed by atoms with Crippen LogP contribution in [0.15, 0.2) is 63.2 Å². The molecule has 33 heavy (non-hydrogen) atoms. The van der Waals surface area contributed by atoms with E-state index in [-0.39, 0.29) is 17.6 Å². The molecule has 0 bridgehead atoms. The lowest BCUT2D eigenvalue weighted by Crippen LogP contribution is -2.29. The number of allylic oxidation sites excluding steroid dienone is 2. The van der Waals surface area contributed by atoms with Crippen molar-refractivity contribution in [1.82, 2.24) is 5.16 Å². The summed E-state index contributed by atoms with van der Waals surface area (Å²) in [6, 6.07) is 14.3. The number of carbonyl (C=O) groups is 1. The molecule has 2 unspecified atom stereocenters. The summed E-state index contributed by atoms with van der Waals surface area (Å²) in [5, 5.41) is 7.59. The van der Waals surface area contributed by atoms with E-state index < -0.39 is 0 Å². The number of fused-ring (bicyclic) bond motifs is 1. The fourth-order valence-corrected chi connectivity index (χ4v) is 5.35. The summed E-state index contributed by atoms with van der Waals surface area (Å²) in [4.78, 5) is 14.8. The molecule has 0 amide bonds. The van der Waals surface area contributed by atoms with Gasteiger partial charge in [0.2, 0.25) is 5.88 Å². The van der Waals surface area contributed by atoms with Crippen molar-refractivity contribution in [3.05, 3.63) is 76.1 Å². The Kier molecular flexibility index (Phi) is 5.66. The van der Waals surface area contributed by atoms with Crippen molar-refractivity contribution >= 4 is 23.4 Å². The number of thioether (sulfide) groups is 1. The molecule has 2 aromatic carbocycles. The summed E-state index contributed by atoms with van der Waals surface area (Å²) in [6.45, 7) is 1.93. The Hall–Kier alpha value is -3.19. The number of ketones is 1. The Morgan fingerprint density at radius 1 is 1.03 bits per heavy atom. The standard InChI is InChI=1S/C26H26N2O4S/c1-14-23-24(15-5-8-18(33-4)9-6-15)25-19(27-26(23)32-28-14)11-17(12-20(25)29)16-7-10-21(30-2)22(13-16)31-3/h5-10,13,17,24,27H,11-12H2,1-4H3. The van der Waals surface area contributed by atoms with Crippen LogP contribution in [0.2, 0.25) is 0 Å². The van der Waals surface area contributed by atoms with Gasteiger partial charge < -0.3 is 19.3 Å². The number of anilines is 1. The van der Waals surface area contributed by atoms with Gasteiger partial charge in [-0.2, -0.15) is 0 Å². The molecule has 1 aliphatic heterocycles. The van der Waals surface area contributed by atoms with Crippen molar-refractivity contribution in [1.29, 1.82) is 0 Å². The zero-order chi connectivity index (χ0) is 23.1. The molecule has 5 rings (SSSR count). The Bertz CT molecular complexity index is 1250. The van der Waals surface area contributed by atoms with Gasteiger partial charge in [0.25, 0.3) is 0 Å². The van der Waals surface area contributed by atoms with Gasteiger partial charge in [-0.25, -0.2) is 0 Å². The van der Waals surface area contributed by atoms with E-state index in [9.17, 15) is 4.79 Å². The van der Waals surface area contributed by atoms with Gasteiger partial charge in [-0.05, 0) is 60.9 Å². The van der Waals surface area contributed by atoms with Crippen LogP contribution in [0.1, 0.15) is 47.1 Å². The van der Waals surface area contributed by atoms with Gasteiger partial charge in [0, 0.05) is 28.5 Å². The van der Waals surface area contributed by atoms with Crippen LogP contribution >= 0.6 is 11.8 Å². The van der Waals surface area contributed by atoms with E-state index in [1.54, 1.807) is 26.0 Å². The molecule has 3 aromatic rings. The first kappa shape index (κ1) is 21.6. The first-order valence-electron chi connectivity index (χ1n) is 10.9. The summed E-state index contributed by atoms with van der Waals surface area (Å²) >= 11 is 1.70. The van der Waals surface area contributed by atoms with Crippen LogP contribution in [-0.2, 0) is 4.79 Å². The van der Waals surface area contributed by atoms with Gasteiger partial charge in [0.05, 0.1) is 25.5 Å². The SMILES string of the molecule is COc1ccc(C2CC(=O)C3=C(C2)Nc2onc(C)c2C3c2ccc(SC)cc2)cc1OC. The van der Waals surface area contributed by atoms with Crippen LogP contribution < -0.4 is 14.8 Å². The molecule has 2 atom stereocenters. The van der Waals surface area contributed by atoms with Crippen LogP contribution in [0.4, 0.5) is 5.88 Å². The van der Waals surface area contributed by atoms with E-state index in [2.05, 4.69) is 41.0 Å². The molecule has 6 nitrogen and oxygen atoms in total. The summed E-state index contributed by atoms with van der Waals surface area (Å²) in [5.74, 6) is 1.97. The zero-order valence-corrected chi connectivity index (χ0v) is 19.9. The van der Waals surface area contributed by atoms with E-state index in [1.165, 1.54) is 4.90 Å². The number of aryl methyl sites for hydroxylation is 1. The highest BCUT2D eigenvalue weighted by Crippen LogP contribution is 2.49. The first-order valence-corrected chi connectivity index (χ1v) is 12.1. The molecule has 1 aliphatic carbocycles. The molecule has 1 aromatic heterocycles. The average molecular weight is 463 g/mol. The van der Waals surface area contributed by atoms with Crippen molar-refractivity contribution in [2.45, 2.75) is 36.5 Å². The van der Waals surface area contributed by atoms with E-state index in [0.29, 0.717) is 30.2 Å². The number of nitrogens with one attached hydrogen (secondary N) is 1. The minimum atomic E-state index is -0.183. The maximum Gasteiger partial charge on any atom is 0.233 e. The number of hydrogen-bond donors (Lipinski definition) is 1. The number of benzene rings is 2. The predicted molar refractivity (Wildman–Crippen MR) is 128 cm³/mol. The number of hydrogen-bond acceptors (Lipinski definition) is 7. The summed E-state index contributed by atoms with van der Waals surface area (Å²) < 4.78 is 16.5. The smallest absolute Gasteiger partial charge is 0.233 e. The number of methoxy groups -OCH3 is 2. The van der Waals surface area contributed by atoms with Crippen LogP contribution in [0.5, 0.6) is 11.5 Å². The molecule has 0 saturated carbocycles. The van der Waals surface area contributed by atoms with Crippen LogP contribution in [0.25, 0.3) is 0 Å². The third kappa shape index (κ3) is 3.70. The van der Waals surface area contributed by atoms with Crippen molar-refractivity contribution in [2.75, 3.05) is 25.8 Å². The van der Waals surface area contributed by atoms with E-state index in [1.807, 2.05) is 25.1 Å². The second-order valence-corrected chi connectivity index (χ2v) is 9.26. The minimum Gasteiger partial charge on any atom is -0.493 e. The number of aromatic nitrogens is 1. The maximum absolute atomic E-state index is 13.6. The van der Waals surface area contributed by atoms with Crippen molar-refractivity contribution in [3.8, 4) is 11.5 Å². The second kappa shape index (κ2) is 8.63. The molecule has 0 saturated heterocycles. The van der Waals surface area contributed by atoms with Crippen molar-refractivity contribution in [3.63, 3.8) is 0 Å². The minimum absolute atomic E-state index is 0.0358. The number of ether oxygens (including phenoxy) is 2. The van der Waals surface area contributed by atoms with E-state index in [0.717, 1.165) is 33.7 Å². The Morgan fingerprint density at radius 2 is 1.76 bits per heavy atom. The molecule has 0 fully saturated rings. The van der Waals surface area contributed by atoms with Crippen molar-refractivity contribution < 1.29 is 18.8 Å². The average Bonchev–Trinajstić information content (AvgIpc) is 3.22. The maximum atomic E-state index is 13.6. The molecule has 2 aliphatic rings. The molecule has 2 heterocycles. The van der Waals surface area contributed by atoms with E-state index >= 15 is 0 Å². The lowest BCUT2D eigenvalue weighted by atomic mass is 9.72. The monoisotopic (exact) mass is 462 g/mol. The predicted octanol–water partition coefficient (Wildman–Crippen LogP) is 5.68. The summed E-state index contributed by atoms with van der Waals surface area (Å²) in [7, 11) is 3.24. The molecule has 0 radical (unpaired) electrons. The van der Waals surface area contributed by atoms with Crippen LogP contribution in [0, 0.1) is 6.92 Å². The second-order valence-electron chi connectivity index (χ2n) is 8.38. The molecule has 7 heteroatoms. The fourth-order valence-electron chi connectivity index (χ4n) is 4.94. The number of nitrogens with zero attached hydrogens (tertiary/aromatic N) is 1. The highest BCUT2D eigenvalue weighted by Gasteiger charge is 2.41. The largest absolute Gasteiger partial charge is 0.493 e. The number of carbonyl (C=O) groups excluding carboxylic acids is 1.